The minimum Gasteiger partial charge on any atom is -0.493 e. The van der Waals surface area contributed by atoms with Crippen molar-refractivity contribution in [1.29, 1.82) is 0 Å². The van der Waals surface area contributed by atoms with Crippen LogP contribution in [0.3, 0.4) is 0 Å². The highest BCUT2D eigenvalue weighted by Crippen LogP contribution is 2.23. The summed E-state index contributed by atoms with van der Waals surface area (Å²) in [4.78, 5) is 0.286. The zero-order chi connectivity index (χ0) is 12.0. The molecule has 3 N–H and O–H groups in total. The molecule has 0 amide bonds. The highest BCUT2D eigenvalue weighted by Gasteiger charge is 2.07. The summed E-state index contributed by atoms with van der Waals surface area (Å²) in [6.45, 7) is 0.678. The Bertz CT molecular complexity index is 371. The predicted molar refractivity (Wildman–Crippen MR) is 69.2 cm³/mol. The molecule has 1 rings (SSSR count). The van der Waals surface area contributed by atoms with Crippen molar-refractivity contribution in [1.82, 2.24) is 0 Å². The maximum absolute atomic E-state index is 8.63. The van der Waals surface area contributed by atoms with E-state index in [1.165, 1.54) is 0 Å². The van der Waals surface area contributed by atoms with Gasteiger partial charge in [0.25, 0.3) is 0 Å². The average Bonchev–Trinajstić information content (AvgIpc) is 2.24. The molecule has 0 atom stereocenters. The molecule has 1 aromatic rings. The van der Waals surface area contributed by atoms with Crippen molar-refractivity contribution in [3.05, 3.63) is 28.8 Å². The second-order valence-electron chi connectivity index (χ2n) is 3.28. The zero-order valence-corrected chi connectivity index (χ0v) is 10.4. The summed E-state index contributed by atoms with van der Waals surface area (Å²) >= 11 is 10.8. The molecule has 0 aliphatic heterocycles. The fraction of sp³-hybridized carbons (Fsp3) is 0.364. The van der Waals surface area contributed by atoms with E-state index >= 15 is 0 Å². The lowest BCUT2D eigenvalue weighted by atomic mass is 10.2. The first kappa shape index (κ1) is 13.2. The molecule has 0 unspecified atom stereocenters. The van der Waals surface area contributed by atoms with Gasteiger partial charge in [0.05, 0.1) is 12.2 Å². The number of hydrogen-bond acceptors (Lipinski definition) is 3. The Morgan fingerprint density at radius 3 is 2.81 bits per heavy atom. The van der Waals surface area contributed by atoms with Crippen molar-refractivity contribution in [2.24, 2.45) is 5.73 Å². The predicted octanol–water partition coefficient (Wildman–Crippen LogP) is 2.13. The molecule has 3 nitrogen and oxygen atoms in total. The second-order valence-corrected chi connectivity index (χ2v) is 4.16. The van der Waals surface area contributed by atoms with Crippen molar-refractivity contribution in [3.63, 3.8) is 0 Å². The van der Waals surface area contributed by atoms with E-state index < -0.39 is 0 Å². The van der Waals surface area contributed by atoms with Gasteiger partial charge in [0.15, 0.2) is 0 Å². The number of ether oxygens (including phenoxy) is 1. The van der Waals surface area contributed by atoms with Crippen LogP contribution in [0.25, 0.3) is 0 Å². The number of nitrogens with two attached hydrogens (primary N) is 1. The molecule has 0 heterocycles. The number of hydrogen-bond donors (Lipinski definition) is 2. The van der Waals surface area contributed by atoms with Crippen LogP contribution < -0.4 is 10.5 Å². The molecule has 16 heavy (non-hydrogen) atoms. The normalized spacial score (nSPS) is 10.1. The van der Waals surface area contributed by atoms with Crippen LogP contribution in [0.15, 0.2) is 18.2 Å². The van der Waals surface area contributed by atoms with Crippen LogP contribution in [0.4, 0.5) is 0 Å². The number of aliphatic hydroxyl groups excluding tert-OH is 1. The lowest BCUT2D eigenvalue weighted by Gasteiger charge is -2.10. The van der Waals surface area contributed by atoms with Gasteiger partial charge in [-0.1, -0.05) is 23.8 Å². The molecule has 0 aliphatic carbocycles. The zero-order valence-electron chi connectivity index (χ0n) is 8.78. The fourth-order valence-electron chi connectivity index (χ4n) is 1.22. The first-order chi connectivity index (χ1) is 7.65. The summed E-state index contributed by atoms with van der Waals surface area (Å²) in [5.74, 6) is 0.595. The third-order valence-electron chi connectivity index (χ3n) is 2.02. The monoisotopic (exact) mass is 259 g/mol. The summed E-state index contributed by atoms with van der Waals surface area (Å²) in [6.07, 6.45) is 1.49. The molecule has 88 valence electrons. The Morgan fingerprint density at radius 2 is 2.19 bits per heavy atom. The highest BCUT2D eigenvalue weighted by molar-refractivity contribution is 7.80. The van der Waals surface area contributed by atoms with Gasteiger partial charge < -0.3 is 15.6 Å². The van der Waals surface area contributed by atoms with Crippen LogP contribution in [-0.2, 0) is 0 Å². The van der Waals surface area contributed by atoms with Crippen molar-refractivity contribution in [3.8, 4) is 5.75 Å². The second kappa shape index (κ2) is 6.68. The molecule has 0 radical (unpaired) electrons. The molecule has 0 fully saturated rings. The van der Waals surface area contributed by atoms with E-state index in [1.54, 1.807) is 18.2 Å². The van der Waals surface area contributed by atoms with E-state index in [-0.39, 0.29) is 11.6 Å². The van der Waals surface area contributed by atoms with E-state index in [4.69, 9.17) is 39.4 Å². The third-order valence-corrected chi connectivity index (χ3v) is 2.47. The van der Waals surface area contributed by atoms with Crippen LogP contribution >= 0.6 is 23.8 Å². The fourth-order valence-corrected chi connectivity index (χ4v) is 1.55. The Kier molecular flexibility index (Phi) is 5.52. The lowest BCUT2D eigenvalue weighted by Crippen LogP contribution is -2.12. The van der Waals surface area contributed by atoms with Gasteiger partial charge in [0, 0.05) is 11.6 Å². The molecular formula is C11H14ClNO2S. The van der Waals surface area contributed by atoms with Gasteiger partial charge in [-0.3, -0.25) is 0 Å². The molecule has 0 aliphatic rings. The minimum absolute atomic E-state index is 0.168. The molecule has 0 bridgehead atoms. The number of aliphatic hydroxyl groups is 1. The first-order valence-electron chi connectivity index (χ1n) is 4.98. The molecule has 0 saturated heterocycles. The van der Waals surface area contributed by atoms with Gasteiger partial charge in [-0.15, -0.1) is 0 Å². The van der Waals surface area contributed by atoms with E-state index in [0.29, 0.717) is 29.4 Å². The van der Waals surface area contributed by atoms with Crippen LogP contribution in [-0.4, -0.2) is 23.3 Å². The maximum atomic E-state index is 8.63. The molecule has 0 aromatic heterocycles. The highest BCUT2D eigenvalue weighted by atomic mass is 35.5. The Labute approximate surface area is 105 Å². The van der Waals surface area contributed by atoms with Gasteiger partial charge in [-0.05, 0) is 31.0 Å². The largest absolute Gasteiger partial charge is 0.493 e. The van der Waals surface area contributed by atoms with Crippen LogP contribution in [0.1, 0.15) is 18.4 Å². The van der Waals surface area contributed by atoms with Crippen molar-refractivity contribution in [2.75, 3.05) is 13.2 Å². The smallest absolute Gasteiger partial charge is 0.130 e. The van der Waals surface area contributed by atoms with E-state index in [9.17, 15) is 0 Å². The Hall–Kier alpha value is -0.840. The Balaban J connectivity index is 2.68. The Morgan fingerprint density at radius 1 is 1.44 bits per heavy atom. The van der Waals surface area contributed by atoms with Gasteiger partial charge >= 0.3 is 0 Å². The third kappa shape index (κ3) is 3.96. The molecule has 0 spiro atoms. The lowest BCUT2D eigenvalue weighted by molar-refractivity contribution is 0.253. The maximum Gasteiger partial charge on any atom is 0.130 e. The van der Waals surface area contributed by atoms with E-state index in [2.05, 4.69) is 0 Å². The summed E-state index contributed by atoms with van der Waals surface area (Å²) in [5, 5.41) is 9.21. The van der Waals surface area contributed by atoms with Gasteiger partial charge in [-0.2, -0.15) is 0 Å². The number of thiocarbonyl (C=S) groups is 1. The average molecular weight is 260 g/mol. The molecular weight excluding hydrogens is 246 g/mol. The van der Waals surface area contributed by atoms with Crippen LogP contribution in [0, 0.1) is 0 Å². The molecule has 5 heteroatoms. The van der Waals surface area contributed by atoms with Crippen LogP contribution in [0.2, 0.25) is 5.02 Å². The number of halogens is 1. The number of rotatable bonds is 6. The summed E-state index contributed by atoms with van der Waals surface area (Å²) in [6, 6.07) is 5.15. The quantitative estimate of drug-likeness (QED) is 0.607. The number of benzene rings is 1. The molecule has 0 saturated carbocycles. The summed E-state index contributed by atoms with van der Waals surface area (Å²) in [7, 11) is 0. The van der Waals surface area contributed by atoms with Gasteiger partial charge in [-0.25, -0.2) is 0 Å². The van der Waals surface area contributed by atoms with Crippen molar-refractivity contribution < 1.29 is 9.84 Å². The van der Waals surface area contributed by atoms with Crippen LogP contribution in [0.5, 0.6) is 5.75 Å². The number of unbranched alkanes of at least 4 members (excludes halogenated alkanes) is 1. The van der Waals surface area contributed by atoms with Gasteiger partial charge in [0.1, 0.15) is 10.7 Å². The summed E-state index contributed by atoms with van der Waals surface area (Å²) < 4.78 is 5.52. The van der Waals surface area contributed by atoms with E-state index in [1.807, 2.05) is 0 Å². The van der Waals surface area contributed by atoms with E-state index in [0.717, 1.165) is 6.42 Å². The standard InChI is InChI=1S/C11H14ClNO2S/c12-8-3-4-9(11(13)16)10(7-8)15-6-2-1-5-14/h3-4,7,14H,1-2,5-6H2,(H2,13,16). The van der Waals surface area contributed by atoms with Crippen molar-refractivity contribution in [2.45, 2.75) is 12.8 Å². The van der Waals surface area contributed by atoms with Gasteiger partial charge in [0.2, 0.25) is 0 Å². The molecule has 1 aromatic carbocycles. The SMILES string of the molecule is NC(=S)c1ccc(Cl)cc1OCCCCO. The van der Waals surface area contributed by atoms with Crippen molar-refractivity contribution >= 4 is 28.8 Å². The topological polar surface area (TPSA) is 55.5 Å². The first-order valence-corrected chi connectivity index (χ1v) is 5.77. The minimum atomic E-state index is 0.168. The summed E-state index contributed by atoms with van der Waals surface area (Å²) in [5.41, 5.74) is 6.25.